The molecule has 1 aliphatic rings. The summed E-state index contributed by atoms with van der Waals surface area (Å²) < 4.78 is 5.88. The fourth-order valence-electron chi connectivity index (χ4n) is 3.90. The number of rotatable bonds is 7. The number of hydrogen-bond donors (Lipinski definition) is 1. The highest BCUT2D eigenvalue weighted by molar-refractivity contribution is 6.46. The van der Waals surface area contributed by atoms with Gasteiger partial charge in [-0.05, 0) is 53.4 Å². The van der Waals surface area contributed by atoms with Gasteiger partial charge in [-0.2, -0.15) is 0 Å². The number of ketones is 1. The maximum atomic E-state index is 13.2. The number of ether oxygens (including phenoxy) is 1. The van der Waals surface area contributed by atoms with Crippen LogP contribution in [0.2, 0.25) is 5.02 Å². The predicted molar refractivity (Wildman–Crippen MR) is 130 cm³/mol. The zero-order chi connectivity index (χ0) is 24.2. The molecule has 1 aliphatic heterocycles. The van der Waals surface area contributed by atoms with Crippen LogP contribution in [0.1, 0.15) is 36.6 Å². The van der Waals surface area contributed by atoms with Gasteiger partial charge in [-0.15, -0.1) is 0 Å². The highest BCUT2D eigenvalue weighted by Crippen LogP contribution is 2.41. The number of halogens is 1. The Morgan fingerprint density at radius 2 is 1.82 bits per heavy atom. The van der Waals surface area contributed by atoms with Gasteiger partial charge in [0.25, 0.3) is 11.7 Å². The maximum absolute atomic E-state index is 13.2. The lowest BCUT2D eigenvalue weighted by Gasteiger charge is -2.26. The average Bonchev–Trinajstić information content (AvgIpc) is 3.08. The second-order valence-electron chi connectivity index (χ2n) is 8.57. The Labute approximate surface area is 203 Å². The van der Waals surface area contributed by atoms with Crippen LogP contribution in [-0.2, 0) is 16.1 Å². The summed E-state index contributed by atoms with van der Waals surface area (Å²) in [7, 11) is 0. The van der Waals surface area contributed by atoms with E-state index in [1.54, 1.807) is 48.8 Å². The number of aromatic nitrogens is 1. The molecule has 34 heavy (non-hydrogen) atoms. The van der Waals surface area contributed by atoms with Gasteiger partial charge in [-0.25, -0.2) is 0 Å². The summed E-state index contributed by atoms with van der Waals surface area (Å²) in [6.45, 7) is 4.82. The molecule has 1 atom stereocenters. The van der Waals surface area contributed by atoms with Crippen LogP contribution in [0.4, 0.5) is 0 Å². The lowest BCUT2D eigenvalue weighted by atomic mass is 9.95. The fourth-order valence-corrected chi connectivity index (χ4v) is 4.09. The van der Waals surface area contributed by atoms with Gasteiger partial charge in [0, 0.05) is 29.5 Å². The monoisotopic (exact) mass is 476 g/mol. The van der Waals surface area contributed by atoms with Crippen LogP contribution >= 0.6 is 11.6 Å². The number of nitrogens with zero attached hydrogens (tertiary/aromatic N) is 2. The van der Waals surface area contributed by atoms with Crippen molar-refractivity contribution < 1.29 is 19.4 Å². The molecule has 2 aromatic carbocycles. The normalized spacial score (nSPS) is 17.4. The SMILES string of the molecule is CC(C)COc1cccc(C2/C(=C(/O)c3cccc(Cl)c3)C(=O)C(=O)N2Cc2ccncc2)c1. The molecule has 0 saturated carbocycles. The highest BCUT2D eigenvalue weighted by atomic mass is 35.5. The van der Waals surface area contributed by atoms with Crippen LogP contribution < -0.4 is 4.74 Å². The van der Waals surface area contributed by atoms with Gasteiger partial charge in [0.1, 0.15) is 11.5 Å². The van der Waals surface area contributed by atoms with Crippen LogP contribution in [0.15, 0.2) is 78.6 Å². The van der Waals surface area contributed by atoms with E-state index in [9.17, 15) is 14.7 Å². The van der Waals surface area contributed by atoms with E-state index in [-0.39, 0.29) is 17.9 Å². The standard InChI is InChI=1S/C27H25ClN2O4/c1-17(2)16-34-22-8-4-5-19(14-22)24-23(25(31)20-6-3-7-21(28)13-20)26(32)27(33)30(24)15-18-9-11-29-12-10-18/h3-14,17,24,31H,15-16H2,1-2H3/b25-23-. The largest absolute Gasteiger partial charge is 0.507 e. The summed E-state index contributed by atoms with van der Waals surface area (Å²) in [4.78, 5) is 31.9. The molecule has 1 N–H and O–H groups in total. The summed E-state index contributed by atoms with van der Waals surface area (Å²) in [5, 5.41) is 11.6. The number of aliphatic hydroxyl groups is 1. The van der Waals surface area contributed by atoms with Crippen molar-refractivity contribution in [2.45, 2.75) is 26.4 Å². The first-order valence-corrected chi connectivity index (χ1v) is 11.4. The van der Waals surface area contributed by atoms with E-state index < -0.39 is 17.7 Å². The van der Waals surface area contributed by atoms with Crippen LogP contribution in [-0.4, -0.2) is 33.3 Å². The molecular weight excluding hydrogens is 452 g/mol. The van der Waals surface area contributed by atoms with Gasteiger partial charge >= 0.3 is 0 Å². The molecule has 4 rings (SSSR count). The van der Waals surface area contributed by atoms with Crippen molar-refractivity contribution in [3.8, 4) is 5.75 Å². The van der Waals surface area contributed by atoms with Gasteiger partial charge in [-0.1, -0.05) is 49.7 Å². The Hall–Kier alpha value is -3.64. The number of benzene rings is 2. The van der Waals surface area contributed by atoms with Gasteiger partial charge in [-0.3, -0.25) is 14.6 Å². The Kier molecular flexibility index (Phi) is 6.98. The topological polar surface area (TPSA) is 79.7 Å². The number of carbonyl (C=O) groups is 2. The van der Waals surface area contributed by atoms with Crippen LogP contribution in [0.25, 0.3) is 5.76 Å². The first kappa shape index (κ1) is 23.5. The molecule has 3 aromatic rings. The van der Waals surface area contributed by atoms with Gasteiger partial charge < -0.3 is 14.7 Å². The third kappa shape index (κ3) is 4.97. The number of carbonyl (C=O) groups excluding carboxylic acids is 2. The Bertz CT molecular complexity index is 1240. The molecule has 0 bridgehead atoms. The molecule has 1 amide bonds. The molecular formula is C27H25ClN2O4. The molecule has 1 saturated heterocycles. The lowest BCUT2D eigenvalue weighted by Crippen LogP contribution is -2.29. The molecule has 2 heterocycles. The maximum Gasteiger partial charge on any atom is 0.295 e. The van der Waals surface area contributed by atoms with Crippen molar-refractivity contribution in [3.63, 3.8) is 0 Å². The Morgan fingerprint density at radius 1 is 1.09 bits per heavy atom. The van der Waals surface area contributed by atoms with Crippen LogP contribution in [0.3, 0.4) is 0 Å². The van der Waals surface area contributed by atoms with Gasteiger partial charge in [0.2, 0.25) is 0 Å². The number of hydrogen-bond acceptors (Lipinski definition) is 5. The molecule has 0 aliphatic carbocycles. The fraction of sp³-hybridized carbons (Fsp3) is 0.222. The molecule has 1 unspecified atom stereocenters. The molecule has 174 valence electrons. The van der Waals surface area contributed by atoms with Crippen molar-refractivity contribution in [3.05, 3.63) is 100 Å². The zero-order valence-corrected chi connectivity index (χ0v) is 19.7. The summed E-state index contributed by atoms with van der Waals surface area (Å²) in [5.41, 5.74) is 1.86. The van der Waals surface area contributed by atoms with Crippen molar-refractivity contribution in [1.29, 1.82) is 0 Å². The van der Waals surface area contributed by atoms with E-state index >= 15 is 0 Å². The van der Waals surface area contributed by atoms with Crippen molar-refractivity contribution in [2.75, 3.05) is 6.61 Å². The van der Waals surface area contributed by atoms with E-state index in [2.05, 4.69) is 18.8 Å². The minimum atomic E-state index is -0.797. The van der Waals surface area contributed by atoms with Gasteiger partial charge in [0.15, 0.2) is 0 Å². The van der Waals surface area contributed by atoms with E-state index in [0.717, 1.165) is 5.56 Å². The second kappa shape index (κ2) is 10.1. The van der Waals surface area contributed by atoms with E-state index in [1.807, 2.05) is 24.3 Å². The zero-order valence-electron chi connectivity index (χ0n) is 18.9. The molecule has 0 spiro atoms. The van der Waals surface area contributed by atoms with Crippen LogP contribution in [0.5, 0.6) is 5.75 Å². The van der Waals surface area contributed by atoms with Crippen molar-refractivity contribution >= 4 is 29.1 Å². The highest BCUT2D eigenvalue weighted by Gasteiger charge is 2.46. The first-order chi connectivity index (χ1) is 16.3. The smallest absolute Gasteiger partial charge is 0.295 e. The number of Topliss-reactive ketones (excluding diaryl/α,β-unsaturated/α-hetero) is 1. The number of aliphatic hydroxyl groups excluding tert-OH is 1. The van der Waals surface area contributed by atoms with E-state index in [1.165, 1.54) is 4.90 Å². The predicted octanol–water partition coefficient (Wildman–Crippen LogP) is 5.39. The third-order valence-corrected chi connectivity index (χ3v) is 5.73. The minimum Gasteiger partial charge on any atom is -0.507 e. The third-order valence-electron chi connectivity index (χ3n) is 5.50. The summed E-state index contributed by atoms with van der Waals surface area (Å²) in [6.07, 6.45) is 3.26. The second-order valence-corrected chi connectivity index (χ2v) is 9.01. The lowest BCUT2D eigenvalue weighted by molar-refractivity contribution is -0.140. The summed E-state index contributed by atoms with van der Waals surface area (Å²) >= 11 is 6.11. The molecule has 6 nitrogen and oxygen atoms in total. The van der Waals surface area contributed by atoms with Crippen molar-refractivity contribution in [2.24, 2.45) is 5.92 Å². The first-order valence-electron chi connectivity index (χ1n) is 11.0. The summed E-state index contributed by atoms with van der Waals surface area (Å²) in [6, 6.07) is 16.6. The Balaban J connectivity index is 1.83. The van der Waals surface area contributed by atoms with Gasteiger partial charge in [0.05, 0.1) is 18.2 Å². The quantitative estimate of drug-likeness (QED) is 0.281. The van der Waals surface area contributed by atoms with E-state index in [4.69, 9.17) is 16.3 Å². The number of likely N-dealkylation sites (tertiary alicyclic amines) is 1. The number of pyridine rings is 1. The van der Waals surface area contributed by atoms with Crippen molar-refractivity contribution in [1.82, 2.24) is 9.88 Å². The molecule has 0 radical (unpaired) electrons. The van der Waals surface area contributed by atoms with Crippen LogP contribution in [0, 0.1) is 5.92 Å². The molecule has 1 aromatic heterocycles. The average molecular weight is 477 g/mol. The summed E-state index contributed by atoms with van der Waals surface area (Å²) in [5.74, 6) is -0.729. The molecule has 7 heteroatoms. The Morgan fingerprint density at radius 3 is 2.53 bits per heavy atom. The molecule has 1 fully saturated rings. The minimum absolute atomic E-state index is 0.0160. The van der Waals surface area contributed by atoms with E-state index in [0.29, 0.717) is 34.4 Å². The number of amides is 1.